The number of hydrogen-bond acceptors (Lipinski definition) is 5. The molecule has 1 heterocycles. The minimum atomic E-state index is -3.74. The maximum absolute atomic E-state index is 12.1. The van der Waals surface area contributed by atoms with E-state index in [1.54, 1.807) is 6.92 Å². The van der Waals surface area contributed by atoms with E-state index in [0.29, 0.717) is 18.4 Å². The van der Waals surface area contributed by atoms with Crippen LogP contribution in [0.25, 0.3) is 0 Å². The normalized spacial score (nSPS) is 23.0. The van der Waals surface area contributed by atoms with Crippen molar-refractivity contribution >= 4 is 19.9 Å². The van der Waals surface area contributed by atoms with Gasteiger partial charge in [-0.15, -0.1) is 0 Å². The van der Waals surface area contributed by atoms with Crippen molar-refractivity contribution in [3.8, 4) is 0 Å². The lowest BCUT2D eigenvalue weighted by atomic mass is 10.1. The van der Waals surface area contributed by atoms with Crippen molar-refractivity contribution < 1.29 is 21.9 Å². The topological polar surface area (TPSA) is 101 Å². The van der Waals surface area contributed by atoms with Crippen molar-refractivity contribution in [1.29, 1.82) is 0 Å². The van der Waals surface area contributed by atoms with Gasteiger partial charge in [0.15, 0.2) is 9.84 Å². The lowest BCUT2D eigenvalue weighted by Gasteiger charge is -2.12. The van der Waals surface area contributed by atoms with E-state index in [0.717, 1.165) is 0 Å². The number of sulfone groups is 1. The van der Waals surface area contributed by atoms with Crippen molar-refractivity contribution in [2.45, 2.75) is 36.0 Å². The molecule has 0 saturated carbocycles. The van der Waals surface area contributed by atoms with Gasteiger partial charge in [0.25, 0.3) is 0 Å². The van der Waals surface area contributed by atoms with E-state index in [9.17, 15) is 21.9 Å². The molecule has 1 fully saturated rings. The van der Waals surface area contributed by atoms with E-state index in [4.69, 9.17) is 0 Å². The second-order valence-electron chi connectivity index (χ2n) is 5.23. The summed E-state index contributed by atoms with van der Waals surface area (Å²) >= 11 is 0. The maximum Gasteiger partial charge on any atom is 0.240 e. The first-order chi connectivity index (χ1) is 9.72. The smallest absolute Gasteiger partial charge is 0.240 e. The molecular formula is C13H19NO5S2. The SMILES string of the molecule is CC(O)c1ccc(S(=O)(=O)NCC2CCCS2(=O)=O)cc1. The molecule has 0 amide bonds. The van der Waals surface area contributed by atoms with Gasteiger partial charge in [0.1, 0.15) is 0 Å². The summed E-state index contributed by atoms with van der Waals surface area (Å²) in [6.07, 6.45) is 0.405. The maximum atomic E-state index is 12.1. The van der Waals surface area contributed by atoms with E-state index >= 15 is 0 Å². The summed E-state index contributed by atoms with van der Waals surface area (Å²) in [7, 11) is -6.91. The first kappa shape index (κ1) is 16.4. The molecule has 2 rings (SSSR count). The van der Waals surface area contributed by atoms with Crippen molar-refractivity contribution in [3.05, 3.63) is 29.8 Å². The molecule has 0 radical (unpaired) electrons. The molecular weight excluding hydrogens is 314 g/mol. The Hall–Kier alpha value is -0.960. The number of aliphatic hydroxyl groups is 1. The third-order valence-electron chi connectivity index (χ3n) is 3.64. The zero-order valence-electron chi connectivity index (χ0n) is 11.7. The zero-order chi connectivity index (χ0) is 15.7. The Balaban J connectivity index is 2.08. The second-order valence-corrected chi connectivity index (χ2v) is 9.40. The van der Waals surface area contributed by atoms with E-state index in [1.807, 2.05) is 0 Å². The molecule has 1 aromatic carbocycles. The van der Waals surface area contributed by atoms with Crippen LogP contribution in [0, 0.1) is 0 Å². The molecule has 2 N–H and O–H groups in total. The largest absolute Gasteiger partial charge is 0.389 e. The highest BCUT2D eigenvalue weighted by Gasteiger charge is 2.32. The van der Waals surface area contributed by atoms with E-state index < -0.39 is 31.2 Å². The quantitative estimate of drug-likeness (QED) is 0.821. The predicted molar refractivity (Wildman–Crippen MR) is 79.1 cm³/mol. The highest BCUT2D eigenvalue weighted by atomic mass is 32.2. The van der Waals surface area contributed by atoms with Crippen molar-refractivity contribution in [1.82, 2.24) is 4.72 Å². The third-order valence-corrected chi connectivity index (χ3v) is 7.35. The predicted octanol–water partition coefficient (Wildman–Crippen LogP) is 0.595. The second kappa shape index (κ2) is 6.04. The minimum Gasteiger partial charge on any atom is -0.389 e. The van der Waals surface area contributed by atoms with Crippen LogP contribution in [0.4, 0.5) is 0 Å². The standard InChI is InChI=1S/C13H19NO5S2/c1-10(15)11-4-6-12(7-5-11)21(18,19)14-9-13-3-2-8-20(13,16)17/h4-7,10,13-15H,2-3,8-9H2,1H3. The fourth-order valence-electron chi connectivity index (χ4n) is 2.30. The number of nitrogens with one attached hydrogen (secondary N) is 1. The highest BCUT2D eigenvalue weighted by Crippen LogP contribution is 2.20. The van der Waals surface area contributed by atoms with Crippen LogP contribution in [0.15, 0.2) is 29.2 Å². The van der Waals surface area contributed by atoms with Gasteiger partial charge in [-0.05, 0) is 37.5 Å². The molecule has 1 aliphatic heterocycles. The Morgan fingerprint density at radius 1 is 1.33 bits per heavy atom. The lowest BCUT2D eigenvalue weighted by Crippen LogP contribution is -2.34. The van der Waals surface area contributed by atoms with Crippen molar-refractivity contribution in [3.63, 3.8) is 0 Å². The molecule has 1 aliphatic rings. The molecule has 6 nitrogen and oxygen atoms in total. The zero-order valence-corrected chi connectivity index (χ0v) is 13.3. The Bertz CT molecular complexity index is 693. The van der Waals surface area contributed by atoms with Gasteiger partial charge in [-0.25, -0.2) is 21.6 Å². The number of benzene rings is 1. The van der Waals surface area contributed by atoms with Crippen LogP contribution in [0.3, 0.4) is 0 Å². The Morgan fingerprint density at radius 2 is 1.95 bits per heavy atom. The van der Waals surface area contributed by atoms with Gasteiger partial charge in [-0.3, -0.25) is 0 Å². The summed E-state index contributed by atoms with van der Waals surface area (Å²) in [5.74, 6) is 0.127. The Morgan fingerprint density at radius 3 is 2.43 bits per heavy atom. The summed E-state index contributed by atoms with van der Waals surface area (Å²) in [4.78, 5) is 0.0577. The van der Waals surface area contributed by atoms with E-state index in [2.05, 4.69) is 4.72 Å². The summed E-state index contributed by atoms with van der Waals surface area (Å²) in [6.45, 7) is 1.50. The Kier molecular flexibility index (Phi) is 4.72. The highest BCUT2D eigenvalue weighted by molar-refractivity contribution is 7.92. The molecule has 8 heteroatoms. The summed E-state index contributed by atoms with van der Waals surface area (Å²) < 4.78 is 49.9. The summed E-state index contributed by atoms with van der Waals surface area (Å²) in [6, 6.07) is 5.86. The fourth-order valence-corrected chi connectivity index (χ4v) is 5.25. The molecule has 21 heavy (non-hydrogen) atoms. The number of hydrogen-bond donors (Lipinski definition) is 2. The molecule has 0 aliphatic carbocycles. The van der Waals surface area contributed by atoms with Crippen LogP contribution in [-0.4, -0.2) is 39.5 Å². The average molecular weight is 333 g/mol. The summed E-state index contributed by atoms with van der Waals surface area (Å²) in [5.41, 5.74) is 0.618. The molecule has 118 valence electrons. The van der Waals surface area contributed by atoms with Gasteiger partial charge in [0, 0.05) is 6.54 Å². The number of rotatable bonds is 5. The molecule has 1 saturated heterocycles. The molecule has 2 unspecified atom stereocenters. The van der Waals surface area contributed by atoms with Crippen LogP contribution in [-0.2, 0) is 19.9 Å². The lowest BCUT2D eigenvalue weighted by molar-refractivity contribution is 0.199. The monoisotopic (exact) mass is 333 g/mol. The van der Waals surface area contributed by atoms with Gasteiger partial charge in [0.2, 0.25) is 10.0 Å². The first-order valence-electron chi connectivity index (χ1n) is 6.71. The van der Waals surface area contributed by atoms with Gasteiger partial charge in [-0.2, -0.15) is 0 Å². The van der Waals surface area contributed by atoms with Crippen molar-refractivity contribution in [2.75, 3.05) is 12.3 Å². The van der Waals surface area contributed by atoms with Crippen molar-refractivity contribution in [2.24, 2.45) is 0 Å². The molecule has 0 bridgehead atoms. The van der Waals surface area contributed by atoms with Gasteiger partial charge < -0.3 is 5.11 Å². The van der Waals surface area contributed by atoms with Crippen LogP contribution in [0.5, 0.6) is 0 Å². The van der Waals surface area contributed by atoms with Gasteiger partial charge in [0.05, 0.1) is 22.0 Å². The van der Waals surface area contributed by atoms with Crippen LogP contribution in [0.2, 0.25) is 0 Å². The third kappa shape index (κ3) is 3.82. The van der Waals surface area contributed by atoms with Gasteiger partial charge >= 0.3 is 0 Å². The molecule has 0 spiro atoms. The average Bonchev–Trinajstić information content (AvgIpc) is 2.75. The Labute approximate surface area is 125 Å². The van der Waals surface area contributed by atoms with Crippen LogP contribution < -0.4 is 4.72 Å². The summed E-state index contributed by atoms with van der Waals surface area (Å²) in [5, 5.41) is 8.76. The fraction of sp³-hybridized carbons (Fsp3) is 0.538. The van der Waals surface area contributed by atoms with Gasteiger partial charge in [-0.1, -0.05) is 12.1 Å². The molecule has 1 aromatic rings. The minimum absolute atomic E-state index is 0.0577. The molecule has 0 aromatic heterocycles. The van der Waals surface area contributed by atoms with E-state index in [-0.39, 0.29) is 17.2 Å². The number of aliphatic hydroxyl groups excluding tert-OH is 1. The number of sulfonamides is 1. The first-order valence-corrected chi connectivity index (χ1v) is 9.91. The van der Waals surface area contributed by atoms with E-state index in [1.165, 1.54) is 24.3 Å². The van der Waals surface area contributed by atoms with Crippen LogP contribution >= 0.6 is 0 Å². The van der Waals surface area contributed by atoms with Crippen LogP contribution in [0.1, 0.15) is 31.4 Å². The molecule has 2 atom stereocenters.